The third-order valence-electron chi connectivity index (χ3n) is 4.63. The van der Waals surface area contributed by atoms with E-state index in [0.717, 1.165) is 23.4 Å². The van der Waals surface area contributed by atoms with E-state index in [4.69, 9.17) is 4.74 Å². The van der Waals surface area contributed by atoms with E-state index < -0.39 is 0 Å². The molecule has 0 unspecified atom stereocenters. The average Bonchev–Trinajstić information content (AvgIpc) is 2.73. The van der Waals surface area contributed by atoms with Crippen molar-refractivity contribution in [2.24, 2.45) is 0 Å². The van der Waals surface area contributed by atoms with Gasteiger partial charge in [0.25, 0.3) is 0 Å². The molecule has 1 aliphatic rings. The summed E-state index contributed by atoms with van der Waals surface area (Å²) in [5, 5.41) is 3.06. The van der Waals surface area contributed by atoms with Crippen molar-refractivity contribution in [1.82, 2.24) is 4.90 Å². The van der Waals surface area contributed by atoms with Crippen molar-refractivity contribution >= 4 is 17.4 Å². The van der Waals surface area contributed by atoms with E-state index in [1.54, 1.807) is 7.11 Å². The molecule has 1 atom stereocenters. The number of amides is 2. The van der Waals surface area contributed by atoms with Crippen molar-refractivity contribution in [2.45, 2.75) is 26.1 Å². The highest BCUT2D eigenvalue weighted by Crippen LogP contribution is 2.27. The number of likely N-dealkylation sites (N-methyl/N-ethyl adjacent to an activating group) is 1. The molecule has 0 saturated carbocycles. The summed E-state index contributed by atoms with van der Waals surface area (Å²) in [6.07, 6.45) is 0. The Hall–Kier alpha value is -2.53. The van der Waals surface area contributed by atoms with Crippen LogP contribution in [0.15, 0.2) is 48.5 Å². The summed E-state index contributed by atoms with van der Waals surface area (Å²) in [5.74, 6) is 0. The standard InChI is InChI=1S/C20H25N3O2/c1-15-12-22(2)19-11-7-5-8-16(19)13-23(15)20(24)21-18-10-6-4-9-17(18)14-25-3/h4-11,15H,12-14H2,1-3H3,(H,21,24)/t15-/m0/s1. The second-order valence-electron chi connectivity index (χ2n) is 6.51. The zero-order valence-electron chi connectivity index (χ0n) is 15.0. The molecular weight excluding hydrogens is 314 g/mol. The second-order valence-corrected chi connectivity index (χ2v) is 6.51. The number of rotatable bonds is 3. The first-order valence-electron chi connectivity index (χ1n) is 8.53. The van der Waals surface area contributed by atoms with Gasteiger partial charge in [0.1, 0.15) is 0 Å². The molecule has 132 valence electrons. The van der Waals surface area contributed by atoms with Gasteiger partial charge in [-0.3, -0.25) is 0 Å². The van der Waals surface area contributed by atoms with Gasteiger partial charge in [-0.2, -0.15) is 0 Å². The van der Waals surface area contributed by atoms with Crippen LogP contribution in [0, 0.1) is 0 Å². The third kappa shape index (κ3) is 3.77. The van der Waals surface area contributed by atoms with Gasteiger partial charge >= 0.3 is 6.03 Å². The number of para-hydroxylation sites is 2. The van der Waals surface area contributed by atoms with Gasteiger partial charge in [-0.15, -0.1) is 0 Å². The molecule has 0 aliphatic carbocycles. The Morgan fingerprint density at radius 2 is 1.92 bits per heavy atom. The molecule has 0 spiro atoms. The number of nitrogens with one attached hydrogen (secondary N) is 1. The largest absolute Gasteiger partial charge is 0.380 e. The van der Waals surface area contributed by atoms with Crippen molar-refractivity contribution in [1.29, 1.82) is 0 Å². The Morgan fingerprint density at radius 1 is 1.20 bits per heavy atom. The lowest BCUT2D eigenvalue weighted by Gasteiger charge is -2.29. The van der Waals surface area contributed by atoms with Crippen LogP contribution in [0.1, 0.15) is 18.1 Å². The van der Waals surface area contributed by atoms with Gasteiger partial charge in [0.05, 0.1) is 6.61 Å². The highest BCUT2D eigenvalue weighted by molar-refractivity contribution is 5.90. The minimum absolute atomic E-state index is 0.0823. The van der Waals surface area contributed by atoms with Crippen LogP contribution in [-0.4, -0.2) is 37.7 Å². The number of nitrogens with zero attached hydrogens (tertiary/aromatic N) is 2. The van der Waals surface area contributed by atoms with Gasteiger partial charge in [-0.25, -0.2) is 4.79 Å². The molecule has 0 fully saturated rings. The molecule has 1 heterocycles. The summed E-state index contributed by atoms with van der Waals surface area (Å²) in [6.45, 7) is 3.95. The highest BCUT2D eigenvalue weighted by atomic mass is 16.5. The molecule has 1 N–H and O–H groups in total. The maximum Gasteiger partial charge on any atom is 0.322 e. The van der Waals surface area contributed by atoms with E-state index in [9.17, 15) is 4.79 Å². The first-order chi connectivity index (χ1) is 12.1. The first kappa shape index (κ1) is 17.3. The van der Waals surface area contributed by atoms with Crippen molar-refractivity contribution in [3.8, 4) is 0 Å². The minimum Gasteiger partial charge on any atom is -0.380 e. The van der Waals surface area contributed by atoms with Crippen molar-refractivity contribution in [2.75, 3.05) is 30.9 Å². The molecule has 5 heteroatoms. The predicted octanol–water partition coefficient (Wildman–Crippen LogP) is 3.71. The molecule has 0 bridgehead atoms. The molecule has 2 aromatic rings. The van der Waals surface area contributed by atoms with E-state index in [0.29, 0.717) is 13.2 Å². The number of carbonyl (C=O) groups is 1. The SMILES string of the molecule is COCc1ccccc1NC(=O)N1Cc2ccccc2N(C)C[C@@H]1C. The fourth-order valence-corrected chi connectivity index (χ4v) is 3.33. The maximum absolute atomic E-state index is 13.0. The Kier molecular flexibility index (Phi) is 5.24. The van der Waals surface area contributed by atoms with Crippen molar-refractivity contribution in [3.05, 3.63) is 59.7 Å². The van der Waals surface area contributed by atoms with Crippen LogP contribution in [-0.2, 0) is 17.9 Å². The normalized spacial score (nSPS) is 17.0. The van der Waals surface area contributed by atoms with Crippen molar-refractivity contribution < 1.29 is 9.53 Å². The zero-order chi connectivity index (χ0) is 17.8. The molecule has 3 rings (SSSR count). The maximum atomic E-state index is 13.0. The molecule has 0 aromatic heterocycles. The Bertz CT molecular complexity index is 747. The second kappa shape index (κ2) is 7.57. The fourth-order valence-electron chi connectivity index (χ4n) is 3.33. The number of hydrogen-bond acceptors (Lipinski definition) is 3. The van der Waals surface area contributed by atoms with Crippen LogP contribution >= 0.6 is 0 Å². The van der Waals surface area contributed by atoms with Crippen LogP contribution in [0.5, 0.6) is 0 Å². The highest BCUT2D eigenvalue weighted by Gasteiger charge is 2.27. The lowest BCUT2D eigenvalue weighted by Crippen LogP contribution is -2.44. The lowest BCUT2D eigenvalue weighted by atomic mass is 10.1. The quantitative estimate of drug-likeness (QED) is 0.927. The summed E-state index contributed by atoms with van der Waals surface area (Å²) >= 11 is 0. The van der Waals surface area contributed by atoms with Gasteiger partial charge in [0.15, 0.2) is 0 Å². The molecule has 25 heavy (non-hydrogen) atoms. The molecule has 5 nitrogen and oxygen atoms in total. The molecule has 2 aromatic carbocycles. The van der Waals surface area contributed by atoms with E-state index >= 15 is 0 Å². The van der Waals surface area contributed by atoms with Gasteiger partial charge < -0.3 is 19.9 Å². The number of anilines is 2. The first-order valence-corrected chi connectivity index (χ1v) is 8.53. The van der Waals surface area contributed by atoms with E-state index in [-0.39, 0.29) is 12.1 Å². The number of urea groups is 1. The Balaban J connectivity index is 1.82. The van der Waals surface area contributed by atoms with Gasteiger partial charge in [0.2, 0.25) is 0 Å². The minimum atomic E-state index is -0.0823. The fraction of sp³-hybridized carbons (Fsp3) is 0.350. The van der Waals surface area contributed by atoms with Gasteiger partial charge in [-0.05, 0) is 24.6 Å². The Morgan fingerprint density at radius 3 is 2.72 bits per heavy atom. The van der Waals surface area contributed by atoms with Crippen LogP contribution in [0.3, 0.4) is 0 Å². The lowest BCUT2D eigenvalue weighted by molar-refractivity contribution is 0.184. The van der Waals surface area contributed by atoms with E-state index in [1.807, 2.05) is 41.3 Å². The molecule has 2 amide bonds. The molecule has 0 radical (unpaired) electrons. The third-order valence-corrected chi connectivity index (χ3v) is 4.63. The molecule has 1 aliphatic heterocycles. The Labute approximate surface area is 149 Å². The summed E-state index contributed by atoms with van der Waals surface area (Å²) in [5.41, 5.74) is 4.12. The number of fused-ring (bicyclic) bond motifs is 1. The van der Waals surface area contributed by atoms with Crippen LogP contribution < -0.4 is 10.2 Å². The monoisotopic (exact) mass is 339 g/mol. The zero-order valence-corrected chi connectivity index (χ0v) is 15.0. The van der Waals surface area contributed by atoms with E-state index in [1.165, 1.54) is 5.69 Å². The average molecular weight is 339 g/mol. The van der Waals surface area contributed by atoms with Crippen molar-refractivity contribution in [3.63, 3.8) is 0 Å². The number of ether oxygens (including phenoxy) is 1. The number of benzene rings is 2. The van der Waals surface area contributed by atoms with Crippen LogP contribution in [0.4, 0.5) is 16.2 Å². The van der Waals surface area contributed by atoms with Crippen LogP contribution in [0.25, 0.3) is 0 Å². The smallest absolute Gasteiger partial charge is 0.322 e. The predicted molar refractivity (Wildman–Crippen MR) is 101 cm³/mol. The number of carbonyl (C=O) groups excluding carboxylic acids is 1. The van der Waals surface area contributed by atoms with E-state index in [2.05, 4.69) is 36.3 Å². The summed E-state index contributed by atoms with van der Waals surface area (Å²) < 4.78 is 5.23. The summed E-state index contributed by atoms with van der Waals surface area (Å²) in [7, 11) is 3.73. The van der Waals surface area contributed by atoms with Gasteiger partial charge in [-0.1, -0.05) is 36.4 Å². The van der Waals surface area contributed by atoms with Crippen LogP contribution in [0.2, 0.25) is 0 Å². The molecular formula is C20H25N3O2. The van der Waals surface area contributed by atoms with Gasteiger partial charge in [0, 0.05) is 50.2 Å². The topological polar surface area (TPSA) is 44.8 Å². The number of methoxy groups -OCH3 is 1. The molecule has 0 saturated heterocycles. The summed E-state index contributed by atoms with van der Waals surface area (Å²) in [6, 6.07) is 16.0. The number of hydrogen-bond donors (Lipinski definition) is 1. The summed E-state index contributed by atoms with van der Waals surface area (Å²) in [4.78, 5) is 17.1.